The number of nitrogens with zero attached hydrogens (tertiary/aromatic N) is 1. The molecular weight excluding hydrogens is 245 g/mol. The van der Waals surface area contributed by atoms with Crippen molar-refractivity contribution in [2.75, 3.05) is 11.6 Å². The summed E-state index contributed by atoms with van der Waals surface area (Å²) < 4.78 is 13.4. The van der Waals surface area contributed by atoms with E-state index in [0.717, 1.165) is 0 Å². The SMILES string of the molecule is O=C(O)C1CSCN1C(=O)c1ccccc1F. The molecule has 2 rings (SSSR count). The second-order valence-corrected chi connectivity index (χ2v) is 4.61. The van der Waals surface area contributed by atoms with E-state index in [1.54, 1.807) is 6.07 Å². The molecule has 1 atom stereocenters. The lowest BCUT2D eigenvalue weighted by Gasteiger charge is -2.20. The molecule has 17 heavy (non-hydrogen) atoms. The first-order chi connectivity index (χ1) is 8.11. The fraction of sp³-hybridized carbons (Fsp3) is 0.273. The second-order valence-electron chi connectivity index (χ2n) is 3.61. The van der Waals surface area contributed by atoms with Gasteiger partial charge in [-0.05, 0) is 12.1 Å². The van der Waals surface area contributed by atoms with Gasteiger partial charge in [0.05, 0.1) is 11.4 Å². The number of amides is 1. The lowest BCUT2D eigenvalue weighted by Crippen LogP contribution is -2.42. The van der Waals surface area contributed by atoms with E-state index >= 15 is 0 Å². The lowest BCUT2D eigenvalue weighted by atomic mass is 10.1. The molecule has 1 aliphatic heterocycles. The van der Waals surface area contributed by atoms with Crippen LogP contribution < -0.4 is 0 Å². The number of halogens is 1. The van der Waals surface area contributed by atoms with Crippen molar-refractivity contribution in [3.8, 4) is 0 Å². The highest BCUT2D eigenvalue weighted by Gasteiger charge is 2.35. The molecule has 1 unspecified atom stereocenters. The molecule has 1 aromatic carbocycles. The standard InChI is InChI=1S/C11H10FNO3S/c12-8-4-2-1-3-7(8)10(14)13-6-17-5-9(13)11(15)16/h1-4,9H,5-6H2,(H,15,16). The van der Waals surface area contributed by atoms with Gasteiger partial charge in [-0.3, -0.25) is 4.79 Å². The van der Waals surface area contributed by atoms with E-state index in [1.807, 2.05) is 0 Å². The minimum atomic E-state index is -1.06. The quantitative estimate of drug-likeness (QED) is 0.868. The molecule has 90 valence electrons. The number of hydrogen-bond acceptors (Lipinski definition) is 3. The first-order valence-electron chi connectivity index (χ1n) is 4.97. The van der Waals surface area contributed by atoms with Crippen LogP contribution in [0.1, 0.15) is 10.4 Å². The van der Waals surface area contributed by atoms with Crippen LogP contribution >= 0.6 is 11.8 Å². The van der Waals surface area contributed by atoms with Gasteiger partial charge in [0, 0.05) is 5.75 Å². The average molecular weight is 255 g/mol. The van der Waals surface area contributed by atoms with Gasteiger partial charge in [-0.1, -0.05) is 12.1 Å². The third-order valence-electron chi connectivity index (χ3n) is 2.53. The molecule has 1 heterocycles. The Morgan fingerprint density at radius 2 is 2.12 bits per heavy atom. The molecule has 1 aromatic rings. The van der Waals surface area contributed by atoms with Crippen molar-refractivity contribution in [3.63, 3.8) is 0 Å². The van der Waals surface area contributed by atoms with Gasteiger partial charge in [-0.25, -0.2) is 9.18 Å². The number of benzene rings is 1. The summed E-state index contributed by atoms with van der Waals surface area (Å²) in [4.78, 5) is 24.1. The molecule has 1 saturated heterocycles. The van der Waals surface area contributed by atoms with Crippen molar-refractivity contribution in [1.82, 2.24) is 4.90 Å². The van der Waals surface area contributed by atoms with Gasteiger partial charge in [0.15, 0.2) is 0 Å². The molecule has 0 aliphatic carbocycles. The summed E-state index contributed by atoms with van der Waals surface area (Å²) in [5.74, 6) is -1.63. The van der Waals surface area contributed by atoms with E-state index in [4.69, 9.17) is 5.11 Å². The summed E-state index contributed by atoms with van der Waals surface area (Å²) >= 11 is 1.35. The molecule has 0 saturated carbocycles. The van der Waals surface area contributed by atoms with Gasteiger partial charge >= 0.3 is 5.97 Å². The number of hydrogen-bond donors (Lipinski definition) is 1. The molecule has 4 nitrogen and oxygen atoms in total. The van der Waals surface area contributed by atoms with Crippen LogP contribution in [0.3, 0.4) is 0 Å². The van der Waals surface area contributed by atoms with Gasteiger partial charge < -0.3 is 10.0 Å². The van der Waals surface area contributed by atoms with E-state index in [0.29, 0.717) is 5.75 Å². The van der Waals surface area contributed by atoms with E-state index in [9.17, 15) is 14.0 Å². The molecular formula is C11H10FNO3S. The van der Waals surface area contributed by atoms with Crippen LogP contribution in [0, 0.1) is 5.82 Å². The fourth-order valence-electron chi connectivity index (χ4n) is 1.64. The predicted molar refractivity (Wildman–Crippen MR) is 61.3 cm³/mol. The number of thioether (sulfide) groups is 1. The summed E-state index contributed by atoms with van der Waals surface area (Å²) in [5.41, 5.74) is -0.0822. The number of carbonyl (C=O) groups is 2. The molecule has 1 aliphatic rings. The van der Waals surface area contributed by atoms with E-state index in [-0.39, 0.29) is 11.4 Å². The van der Waals surface area contributed by atoms with Crippen molar-refractivity contribution in [1.29, 1.82) is 0 Å². The molecule has 6 heteroatoms. The molecule has 1 amide bonds. The van der Waals surface area contributed by atoms with Gasteiger partial charge in [-0.15, -0.1) is 11.8 Å². The third-order valence-corrected chi connectivity index (χ3v) is 3.54. The van der Waals surface area contributed by atoms with E-state index < -0.39 is 23.7 Å². The summed E-state index contributed by atoms with van der Waals surface area (Å²) in [6.45, 7) is 0. The second kappa shape index (κ2) is 4.75. The van der Waals surface area contributed by atoms with Crippen molar-refractivity contribution in [3.05, 3.63) is 35.6 Å². The highest BCUT2D eigenvalue weighted by Crippen LogP contribution is 2.24. The van der Waals surface area contributed by atoms with Crippen LogP contribution in [0.25, 0.3) is 0 Å². The summed E-state index contributed by atoms with van der Waals surface area (Å²) in [6.07, 6.45) is 0. The van der Waals surface area contributed by atoms with Crippen LogP contribution in [0.4, 0.5) is 4.39 Å². The average Bonchev–Trinajstić information content (AvgIpc) is 2.77. The maximum Gasteiger partial charge on any atom is 0.327 e. The van der Waals surface area contributed by atoms with Gasteiger partial charge in [0.1, 0.15) is 11.9 Å². The fourth-order valence-corrected chi connectivity index (χ4v) is 2.78. The lowest BCUT2D eigenvalue weighted by molar-refractivity contribution is -0.140. The van der Waals surface area contributed by atoms with E-state index in [1.165, 1.54) is 34.9 Å². The smallest absolute Gasteiger partial charge is 0.327 e. The molecule has 0 radical (unpaired) electrons. The first kappa shape index (κ1) is 11.9. The summed E-state index contributed by atoms with van der Waals surface area (Å²) in [5, 5.41) is 8.95. The van der Waals surface area contributed by atoms with Crippen LogP contribution in [-0.2, 0) is 4.79 Å². The van der Waals surface area contributed by atoms with E-state index in [2.05, 4.69) is 0 Å². The number of carbonyl (C=O) groups excluding carboxylic acids is 1. The molecule has 0 spiro atoms. The minimum absolute atomic E-state index is 0.0822. The van der Waals surface area contributed by atoms with Gasteiger partial charge in [0.25, 0.3) is 5.91 Å². The van der Waals surface area contributed by atoms with Crippen molar-refractivity contribution in [2.24, 2.45) is 0 Å². The Labute approximate surface area is 101 Å². The number of rotatable bonds is 2. The first-order valence-corrected chi connectivity index (χ1v) is 6.13. The monoisotopic (exact) mass is 255 g/mol. The number of carboxylic acid groups (broad SMARTS) is 1. The zero-order chi connectivity index (χ0) is 12.4. The van der Waals surface area contributed by atoms with Crippen LogP contribution in [0.2, 0.25) is 0 Å². The Kier molecular flexibility index (Phi) is 3.33. The maximum atomic E-state index is 13.4. The number of carboxylic acids is 1. The third kappa shape index (κ3) is 2.26. The zero-order valence-corrected chi connectivity index (χ0v) is 9.61. The zero-order valence-electron chi connectivity index (χ0n) is 8.80. The molecule has 1 fully saturated rings. The minimum Gasteiger partial charge on any atom is -0.480 e. The highest BCUT2D eigenvalue weighted by atomic mass is 32.2. The normalized spacial score (nSPS) is 19.4. The van der Waals surface area contributed by atoms with Gasteiger partial charge in [-0.2, -0.15) is 0 Å². The Morgan fingerprint density at radius 3 is 2.76 bits per heavy atom. The Bertz CT molecular complexity index is 466. The summed E-state index contributed by atoms with van der Waals surface area (Å²) in [7, 11) is 0. The van der Waals surface area contributed by atoms with Crippen LogP contribution in [0.5, 0.6) is 0 Å². The molecule has 1 N–H and O–H groups in total. The molecule has 0 bridgehead atoms. The number of aliphatic carboxylic acids is 1. The summed E-state index contributed by atoms with van der Waals surface area (Å²) in [6, 6.07) is 4.72. The van der Waals surface area contributed by atoms with Crippen molar-refractivity contribution in [2.45, 2.75) is 6.04 Å². The molecule has 0 aromatic heterocycles. The predicted octanol–water partition coefficient (Wildman–Crippen LogP) is 1.43. The van der Waals surface area contributed by atoms with Crippen molar-refractivity contribution >= 4 is 23.6 Å². The Hall–Kier alpha value is -1.56. The van der Waals surface area contributed by atoms with Crippen LogP contribution in [-0.4, -0.2) is 39.6 Å². The highest BCUT2D eigenvalue weighted by molar-refractivity contribution is 7.99. The maximum absolute atomic E-state index is 13.4. The van der Waals surface area contributed by atoms with Crippen molar-refractivity contribution < 1.29 is 19.1 Å². The van der Waals surface area contributed by atoms with Gasteiger partial charge in [0.2, 0.25) is 0 Å². The Morgan fingerprint density at radius 1 is 1.41 bits per heavy atom. The largest absolute Gasteiger partial charge is 0.480 e. The topological polar surface area (TPSA) is 57.6 Å². The Balaban J connectivity index is 2.26. The van der Waals surface area contributed by atoms with Crippen LogP contribution in [0.15, 0.2) is 24.3 Å².